The quantitative estimate of drug-likeness (QED) is 0.673. The van der Waals surface area contributed by atoms with Gasteiger partial charge in [-0.05, 0) is 48.7 Å². The van der Waals surface area contributed by atoms with Crippen LogP contribution in [0.2, 0.25) is 0 Å². The van der Waals surface area contributed by atoms with Gasteiger partial charge in [-0.15, -0.1) is 25.6 Å². The maximum Gasteiger partial charge on any atom is 0.573 e. The summed E-state index contributed by atoms with van der Waals surface area (Å²) < 4.78 is 40.5. The average Bonchev–Trinajstić information content (AvgIpc) is 2.63. The highest BCUT2D eigenvalue weighted by Gasteiger charge is 2.30. The standard InChI is InChI=1S/C20H23F3N2O2.ClH/c1-3-18(24-2)19(26)25-13-12-14-4-6-15(7-5-14)16-8-10-17(11-9-16)27-20(21,22)23;/h4-11,18,24H,3,12-13H2,1-2H3,(H,25,26);1H. The molecule has 2 rings (SSSR count). The number of rotatable bonds is 8. The van der Waals surface area contributed by atoms with Crippen molar-refractivity contribution in [1.82, 2.24) is 10.6 Å². The fraction of sp³-hybridized carbons (Fsp3) is 0.350. The summed E-state index contributed by atoms with van der Waals surface area (Å²) in [6, 6.07) is 13.2. The molecule has 0 radical (unpaired) electrons. The summed E-state index contributed by atoms with van der Waals surface area (Å²) in [6.07, 6.45) is -3.27. The third-order valence-corrected chi connectivity index (χ3v) is 4.16. The van der Waals surface area contributed by atoms with Gasteiger partial charge in [0, 0.05) is 6.54 Å². The summed E-state index contributed by atoms with van der Waals surface area (Å²) in [4.78, 5) is 11.9. The summed E-state index contributed by atoms with van der Waals surface area (Å²) in [6.45, 7) is 2.49. The lowest BCUT2D eigenvalue weighted by Crippen LogP contribution is -2.42. The molecule has 0 aliphatic rings. The molecule has 154 valence electrons. The van der Waals surface area contributed by atoms with Gasteiger partial charge < -0.3 is 15.4 Å². The second kappa shape index (κ2) is 10.9. The molecule has 0 spiro atoms. The number of halogens is 4. The Morgan fingerprint density at radius 3 is 2.04 bits per heavy atom. The first-order valence-electron chi connectivity index (χ1n) is 8.72. The van der Waals surface area contributed by atoms with Crippen LogP contribution in [0.1, 0.15) is 18.9 Å². The molecule has 1 atom stereocenters. The van der Waals surface area contributed by atoms with Crippen LogP contribution in [-0.4, -0.2) is 31.9 Å². The van der Waals surface area contributed by atoms with Crippen molar-refractivity contribution < 1.29 is 22.7 Å². The van der Waals surface area contributed by atoms with Crippen LogP contribution in [0.15, 0.2) is 48.5 Å². The molecule has 0 saturated carbocycles. The first kappa shape index (κ1) is 23.8. The highest BCUT2D eigenvalue weighted by molar-refractivity contribution is 5.85. The zero-order valence-corrected chi connectivity index (χ0v) is 16.5. The summed E-state index contributed by atoms with van der Waals surface area (Å²) in [5.41, 5.74) is 2.75. The third kappa shape index (κ3) is 7.40. The van der Waals surface area contributed by atoms with E-state index in [1.807, 2.05) is 31.2 Å². The highest BCUT2D eigenvalue weighted by atomic mass is 35.5. The summed E-state index contributed by atoms with van der Waals surface area (Å²) in [5, 5.41) is 5.86. The average molecular weight is 417 g/mol. The minimum atomic E-state index is -4.69. The molecule has 2 aromatic carbocycles. The van der Waals surface area contributed by atoms with Crippen LogP contribution in [-0.2, 0) is 11.2 Å². The zero-order valence-electron chi connectivity index (χ0n) is 15.7. The predicted molar refractivity (Wildman–Crippen MR) is 106 cm³/mol. The molecule has 0 bridgehead atoms. The lowest BCUT2D eigenvalue weighted by Gasteiger charge is -2.14. The molecule has 4 nitrogen and oxygen atoms in total. The van der Waals surface area contributed by atoms with Crippen LogP contribution in [0.3, 0.4) is 0 Å². The molecule has 1 amide bonds. The van der Waals surface area contributed by atoms with Gasteiger partial charge in [0.25, 0.3) is 0 Å². The fourth-order valence-electron chi connectivity index (χ4n) is 2.69. The molecule has 0 fully saturated rings. The van der Waals surface area contributed by atoms with Gasteiger partial charge in [-0.3, -0.25) is 4.79 Å². The molecule has 0 saturated heterocycles. The van der Waals surface area contributed by atoms with Crippen LogP contribution >= 0.6 is 12.4 Å². The molecule has 2 aromatic rings. The Balaban J connectivity index is 0.00000392. The van der Waals surface area contributed by atoms with E-state index < -0.39 is 6.36 Å². The van der Waals surface area contributed by atoms with Crippen molar-refractivity contribution in [2.75, 3.05) is 13.6 Å². The van der Waals surface area contributed by atoms with E-state index in [2.05, 4.69) is 15.4 Å². The Kier molecular flexibility index (Phi) is 9.28. The van der Waals surface area contributed by atoms with Gasteiger partial charge in [-0.2, -0.15) is 0 Å². The predicted octanol–water partition coefficient (Wildman–Crippen LogP) is 4.33. The Hall–Kier alpha value is -2.25. The maximum atomic E-state index is 12.2. The second-order valence-electron chi connectivity index (χ2n) is 6.06. The summed E-state index contributed by atoms with van der Waals surface area (Å²) in [5.74, 6) is -0.261. The normalized spacial score (nSPS) is 12.0. The van der Waals surface area contributed by atoms with Gasteiger partial charge in [0.15, 0.2) is 0 Å². The Morgan fingerprint density at radius 2 is 1.57 bits per heavy atom. The number of hydrogen-bond donors (Lipinski definition) is 2. The van der Waals surface area contributed by atoms with E-state index in [0.29, 0.717) is 13.0 Å². The summed E-state index contributed by atoms with van der Waals surface area (Å²) in [7, 11) is 1.76. The van der Waals surface area contributed by atoms with Gasteiger partial charge in [-0.1, -0.05) is 43.3 Å². The van der Waals surface area contributed by atoms with Gasteiger partial charge >= 0.3 is 6.36 Å². The highest BCUT2D eigenvalue weighted by Crippen LogP contribution is 2.26. The van der Waals surface area contributed by atoms with Crippen molar-refractivity contribution in [2.45, 2.75) is 32.2 Å². The number of carbonyl (C=O) groups excluding carboxylic acids is 1. The molecular weight excluding hydrogens is 393 g/mol. The molecule has 0 heterocycles. The largest absolute Gasteiger partial charge is 0.573 e. The van der Waals surface area contributed by atoms with Crippen LogP contribution in [0.25, 0.3) is 11.1 Å². The number of alkyl halides is 3. The van der Waals surface area contributed by atoms with Crippen LogP contribution < -0.4 is 15.4 Å². The van der Waals surface area contributed by atoms with E-state index in [0.717, 1.165) is 23.1 Å². The van der Waals surface area contributed by atoms with Gasteiger partial charge in [0.1, 0.15) is 5.75 Å². The number of likely N-dealkylation sites (N-methyl/N-ethyl adjacent to an activating group) is 1. The first-order chi connectivity index (χ1) is 12.8. The Labute approximate surface area is 168 Å². The second-order valence-corrected chi connectivity index (χ2v) is 6.06. The van der Waals surface area contributed by atoms with E-state index in [1.165, 1.54) is 12.1 Å². The molecule has 2 N–H and O–H groups in total. The van der Waals surface area contributed by atoms with Crippen LogP contribution in [0.5, 0.6) is 5.75 Å². The number of hydrogen-bond acceptors (Lipinski definition) is 3. The zero-order chi connectivity index (χ0) is 19.9. The maximum absolute atomic E-state index is 12.2. The topological polar surface area (TPSA) is 50.4 Å². The first-order valence-corrected chi connectivity index (χ1v) is 8.72. The number of ether oxygens (including phenoxy) is 1. The van der Waals surface area contributed by atoms with Crippen molar-refractivity contribution in [3.05, 3.63) is 54.1 Å². The summed E-state index contributed by atoms with van der Waals surface area (Å²) >= 11 is 0. The SMILES string of the molecule is CCC(NC)C(=O)NCCc1ccc(-c2ccc(OC(F)(F)F)cc2)cc1.Cl. The molecule has 0 aromatic heterocycles. The minimum absolute atomic E-state index is 0. The molecule has 28 heavy (non-hydrogen) atoms. The van der Waals surface area contributed by atoms with E-state index in [4.69, 9.17) is 0 Å². The Morgan fingerprint density at radius 1 is 1.04 bits per heavy atom. The molecule has 1 unspecified atom stereocenters. The van der Waals surface area contributed by atoms with Gasteiger partial charge in [-0.25, -0.2) is 0 Å². The molecule has 0 aliphatic carbocycles. The lowest BCUT2D eigenvalue weighted by atomic mass is 10.0. The Bertz CT molecular complexity index is 731. The van der Waals surface area contributed by atoms with E-state index in [9.17, 15) is 18.0 Å². The molecule has 8 heteroatoms. The van der Waals surface area contributed by atoms with Gasteiger partial charge in [0.2, 0.25) is 5.91 Å². The van der Waals surface area contributed by atoms with Crippen molar-refractivity contribution in [3.8, 4) is 16.9 Å². The van der Waals surface area contributed by atoms with Crippen molar-refractivity contribution in [3.63, 3.8) is 0 Å². The van der Waals surface area contributed by atoms with Crippen LogP contribution in [0, 0.1) is 0 Å². The minimum Gasteiger partial charge on any atom is -0.406 e. The molecule has 0 aliphatic heterocycles. The smallest absolute Gasteiger partial charge is 0.406 e. The van der Waals surface area contributed by atoms with Crippen molar-refractivity contribution >= 4 is 18.3 Å². The number of nitrogens with one attached hydrogen (secondary N) is 2. The number of amides is 1. The number of carbonyl (C=O) groups is 1. The van der Waals surface area contributed by atoms with E-state index in [-0.39, 0.29) is 30.1 Å². The number of benzene rings is 2. The van der Waals surface area contributed by atoms with E-state index in [1.54, 1.807) is 19.2 Å². The van der Waals surface area contributed by atoms with E-state index >= 15 is 0 Å². The third-order valence-electron chi connectivity index (χ3n) is 4.16. The van der Waals surface area contributed by atoms with Gasteiger partial charge in [0.05, 0.1) is 6.04 Å². The monoisotopic (exact) mass is 416 g/mol. The fourth-order valence-corrected chi connectivity index (χ4v) is 2.69. The van der Waals surface area contributed by atoms with Crippen molar-refractivity contribution in [2.24, 2.45) is 0 Å². The lowest BCUT2D eigenvalue weighted by molar-refractivity contribution is -0.274. The van der Waals surface area contributed by atoms with Crippen molar-refractivity contribution in [1.29, 1.82) is 0 Å². The van der Waals surface area contributed by atoms with Crippen LogP contribution in [0.4, 0.5) is 13.2 Å². The molecular formula is C20H24ClF3N2O2.